The molecule has 2 aromatic heterocycles. The molecule has 0 saturated heterocycles. The number of esters is 1. The van der Waals surface area contributed by atoms with Gasteiger partial charge in [0.05, 0.1) is 13.5 Å². The summed E-state index contributed by atoms with van der Waals surface area (Å²) < 4.78 is 6.01. The molecular formula is C14H16N5O3+. The van der Waals surface area contributed by atoms with E-state index in [1.807, 2.05) is 0 Å². The van der Waals surface area contributed by atoms with E-state index in [0.717, 1.165) is 5.56 Å². The Balaban J connectivity index is 1.95. The van der Waals surface area contributed by atoms with E-state index < -0.39 is 17.8 Å². The minimum atomic E-state index is -1.25. The number of nitrogens with zero attached hydrogens (tertiary/aromatic N) is 4. The number of aromatic nitrogens is 4. The van der Waals surface area contributed by atoms with E-state index in [1.165, 1.54) is 7.11 Å². The standard InChI is InChI=1S/C14H16N5O3/c1-22-14(21)12(15)11(20)4-8-19-7-3-10(9-18-19)13-16-5-2-6-17-13/h2-3,5-7,9,12H,4,8,15H2,1H3/q+1/t12-/m0/s1. The normalized spacial score (nSPS) is 11.7. The van der Waals surface area contributed by atoms with E-state index in [4.69, 9.17) is 5.73 Å². The number of Topliss-reactive ketones (excluding diaryl/α,β-unsaturated/α-hetero) is 1. The summed E-state index contributed by atoms with van der Waals surface area (Å²) in [5, 5.41) is 4.18. The molecule has 2 N–H and O–H groups in total. The summed E-state index contributed by atoms with van der Waals surface area (Å²) in [6.45, 7) is 0.319. The number of nitrogens with two attached hydrogens (primary N) is 1. The van der Waals surface area contributed by atoms with Crippen LogP contribution in [-0.2, 0) is 20.9 Å². The molecule has 2 aromatic rings. The maximum absolute atomic E-state index is 11.7. The Labute approximate surface area is 127 Å². The first kappa shape index (κ1) is 15.6. The van der Waals surface area contributed by atoms with Crippen molar-refractivity contribution in [1.29, 1.82) is 0 Å². The number of rotatable bonds is 6. The number of carbonyl (C=O) groups is 2. The highest BCUT2D eigenvalue weighted by atomic mass is 16.5. The lowest BCUT2D eigenvalue weighted by Gasteiger charge is -2.06. The van der Waals surface area contributed by atoms with Crippen LogP contribution in [-0.4, -0.2) is 40.0 Å². The third kappa shape index (κ3) is 3.89. The summed E-state index contributed by atoms with van der Waals surface area (Å²) in [6.07, 6.45) is 6.71. The molecule has 0 amide bonds. The summed E-state index contributed by atoms with van der Waals surface area (Å²) >= 11 is 0. The van der Waals surface area contributed by atoms with Crippen molar-refractivity contribution in [3.05, 3.63) is 36.9 Å². The molecule has 0 fully saturated rings. The summed E-state index contributed by atoms with van der Waals surface area (Å²) in [7, 11) is 1.19. The van der Waals surface area contributed by atoms with Crippen molar-refractivity contribution < 1.29 is 19.0 Å². The third-order valence-electron chi connectivity index (χ3n) is 2.98. The molecule has 22 heavy (non-hydrogen) atoms. The summed E-state index contributed by atoms with van der Waals surface area (Å²) in [4.78, 5) is 31.1. The van der Waals surface area contributed by atoms with Gasteiger partial charge in [0.15, 0.2) is 30.4 Å². The lowest BCUT2D eigenvalue weighted by molar-refractivity contribution is -0.752. The second kappa shape index (κ2) is 7.32. The van der Waals surface area contributed by atoms with Gasteiger partial charge in [-0.2, -0.15) is 0 Å². The second-order valence-corrected chi connectivity index (χ2v) is 4.47. The Hall–Kier alpha value is -2.74. The third-order valence-corrected chi connectivity index (χ3v) is 2.98. The molecule has 2 rings (SSSR count). The van der Waals surface area contributed by atoms with Crippen LogP contribution in [0.25, 0.3) is 11.4 Å². The van der Waals surface area contributed by atoms with Crippen LogP contribution in [0.15, 0.2) is 36.9 Å². The highest BCUT2D eigenvalue weighted by molar-refractivity contribution is 6.02. The van der Waals surface area contributed by atoms with Crippen LogP contribution in [0, 0.1) is 0 Å². The lowest BCUT2D eigenvalue weighted by atomic mass is 10.1. The van der Waals surface area contributed by atoms with Gasteiger partial charge in [0.1, 0.15) is 6.20 Å². The molecule has 0 aliphatic rings. The quantitative estimate of drug-likeness (QED) is 0.426. The summed E-state index contributed by atoms with van der Waals surface area (Å²) in [5.74, 6) is -0.554. The molecule has 0 spiro atoms. The Morgan fingerprint density at radius 1 is 1.36 bits per heavy atom. The number of aryl methyl sites for hydroxylation is 1. The zero-order valence-corrected chi connectivity index (χ0v) is 12.0. The molecule has 0 aliphatic heterocycles. The van der Waals surface area contributed by atoms with Crippen LogP contribution < -0.4 is 10.4 Å². The summed E-state index contributed by atoms with van der Waals surface area (Å²) in [5.41, 5.74) is 6.24. The first-order chi connectivity index (χ1) is 10.6. The van der Waals surface area contributed by atoms with Crippen LogP contribution in [0.1, 0.15) is 6.42 Å². The van der Waals surface area contributed by atoms with Gasteiger partial charge in [0, 0.05) is 24.0 Å². The minimum Gasteiger partial charge on any atom is -0.468 e. The van der Waals surface area contributed by atoms with E-state index in [-0.39, 0.29) is 6.42 Å². The molecule has 0 saturated carbocycles. The smallest absolute Gasteiger partial charge is 0.330 e. The molecule has 0 bridgehead atoms. The number of carbonyl (C=O) groups excluding carboxylic acids is 2. The lowest BCUT2D eigenvalue weighted by Crippen LogP contribution is -2.44. The van der Waals surface area contributed by atoms with Gasteiger partial charge in [-0.15, -0.1) is 0 Å². The second-order valence-electron chi connectivity index (χ2n) is 4.47. The Bertz CT molecular complexity index is 645. The highest BCUT2D eigenvalue weighted by Gasteiger charge is 2.23. The molecule has 8 heteroatoms. The molecule has 8 nitrogen and oxygen atoms in total. The largest absolute Gasteiger partial charge is 0.468 e. The predicted octanol–water partition coefficient (Wildman–Crippen LogP) is -0.714. The first-order valence-electron chi connectivity index (χ1n) is 6.61. The van der Waals surface area contributed by atoms with Crippen LogP contribution in [0.5, 0.6) is 0 Å². The molecule has 2 heterocycles. The van der Waals surface area contributed by atoms with Crippen molar-refractivity contribution in [3.8, 4) is 11.4 Å². The van der Waals surface area contributed by atoms with Crippen molar-refractivity contribution in [2.75, 3.05) is 7.11 Å². The van der Waals surface area contributed by atoms with E-state index in [9.17, 15) is 9.59 Å². The molecule has 0 radical (unpaired) electrons. The van der Waals surface area contributed by atoms with Gasteiger partial charge in [-0.3, -0.25) is 4.79 Å². The fraction of sp³-hybridized carbons (Fsp3) is 0.286. The number of hydrogen-bond acceptors (Lipinski definition) is 7. The molecule has 0 aromatic carbocycles. The van der Waals surface area contributed by atoms with Crippen LogP contribution >= 0.6 is 0 Å². The van der Waals surface area contributed by atoms with Gasteiger partial charge in [-0.05, 0) is 11.2 Å². The van der Waals surface area contributed by atoms with Crippen molar-refractivity contribution in [1.82, 2.24) is 15.1 Å². The number of ether oxygens (including phenoxy) is 1. The predicted molar refractivity (Wildman–Crippen MR) is 75.1 cm³/mol. The van der Waals surface area contributed by atoms with Crippen molar-refractivity contribution in [2.24, 2.45) is 5.73 Å². The number of hydrogen-bond donors (Lipinski definition) is 1. The Morgan fingerprint density at radius 2 is 2.09 bits per heavy atom. The van der Waals surface area contributed by atoms with Crippen LogP contribution in [0.3, 0.4) is 0 Å². The summed E-state index contributed by atoms with van der Waals surface area (Å²) in [6, 6.07) is 2.28. The molecule has 1 atom stereocenters. The SMILES string of the molecule is COC(=O)[C@@H](N)C(=O)CC[n+]1ccc(-c2ncccn2)cn1. The average Bonchev–Trinajstić information content (AvgIpc) is 2.59. The first-order valence-corrected chi connectivity index (χ1v) is 6.61. The van der Waals surface area contributed by atoms with Gasteiger partial charge < -0.3 is 10.5 Å². The minimum absolute atomic E-state index is 0.0924. The Morgan fingerprint density at radius 3 is 2.68 bits per heavy atom. The zero-order valence-electron chi connectivity index (χ0n) is 12.0. The van der Waals surface area contributed by atoms with Crippen molar-refractivity contribution in [3.63, 3.8) is 0 Å². The fourth-order valence-electron chi connectivity index (χ4n) is 1.74. The molecule has 114 valence electrons. The van der Waals surface area contributed by atoms with Crippen molar-refractivity contribution in [2.45, 2.75) is 19.0 Å². The van der Waals surface area contributed by atoms with E-state index in [2.05, 4.69) is 19.8 Å². The van der Waals surface area contributed by atoms with Crippen molar-refractivity contribution >= 4 is 11.8 Å². The molecule has 0 aliphatic carbocycles. The topological polar surface area (TPSA) is 112 Å². The van der Waals surface area contributed by atoms with Gasteiger partial charge in [0.2, 0.25) is 0 Å². The van der Waals surface area contributed by atoms with Crippen LogP contribution in [0.2, 0.25) is 0 Å². The van der Waals surface area contributed by atoms with E-state index in [1.54, 1.807) is 41.6 Å². The fourth-order valence-corrected chi connectivity index (χ4v) is 1.74. The maximum Gasteiger partial charge on any atom is 0.330 e. The zero-order chi connectivity index (χ0) is 15.9. The van der Waals surface area contributed by atoms with Gasteiger partial charge >= 0.3 is 5.97 Å². The monoisotopic (exact) mass is 302 g/mol. The molecule has 0 unspecified atom stereocenters. The number of ketones is 1. The average molecular weight is 302 g/mol. The van der Waals surface area contributed by atoms with Gasteiger partial charge in [-0.1, -0.05) is 4.68 Å². The molecular weight excluding hydrogens is 286 g/mol. The van der Waals surface area contributed by atoms with Gasteiger partial charge in [-0.25, -0.2) is 14.8 Å². The van der Waals surface area contributed by atoms with E-state index >= 15 is 0 Å². The number of methoxy groups -OCH3 is 1. The van der Waals surface area contributed by atoms with Gasteiger partial charge in [0.25, 0.3) is 0 Å². The highest BCUT2D eigenvalue weighted by Crippen LogP contribution is 2.09. The van der Waals surface area contributed by atoms with E-state index in [0.29, 0.717) is 12.4 Å². The maximum atomic E-state index is 11.7. The van der Waals surface area contributed by atoms with Crippen LogP contribution in [0.4, 0.5) is 0 Å². The Kier molecular flexibility index (Phi) is 5.21.